The molecule has 2 aromatic rings. The molecule has 0 saturated carbocycles. The normalized spacial score (nSPS) is 20.3. The minimum absolute atomic E-state index is 0.0502. The number of likely N-dealkylation sites (tertiary alicyclic amines) is 1. The number of hydrogen-bond acceptors (Lipinski definition) is 5. The lowest BCUT2D eigenvalue weighted by Gasteiger charge is -2.43. The minimum Gasteiger partial charge on any atom is -0.491 e. The number of Topliss-reactive ketones (excluding diaryl/α,β-unsaturated/α-hetero) is 1. The minimum atomic E-state index is -6.37. The van der Waals surface area contributed by atoms with E-state index < -0.39 is 62.5 Å². The number of amides is 1. The molecule has 1 amide bonds. The number of benzene rings is 2. The van der Waals surface area contributed by atoms with Crippen LogP contribution in [0.25, 0.3) is 0 Å². The topological polar surface area (TPSA) is 80.8 Å². The maximum Gasteiger partial charge on any atom is 0.435 e. The third-order valence-electron chi connectivity index (χ3n) is 8.43. The van der Waals surface area contributed by atoms with Crippen LogP contribution < -0.4 is 4.74 Å². The number of hydrogen-bond donors (Lipinski definition) is 0. The summed E-state index contributed by atoms with van der Waals surface area (Å²) in [6, 6.07) is 5.26. The summed E-state index contributed by atoms with van der Waals surface area (Å²) in [6.07, 6.45) is -9.55. The average molecular weight is 716 g/mol. The van der Waals surface area contributed by atoms with Crippen LogP contribution in [0, 0.1) is 5.92 Å². The fraction of sp³-hybridized carbons (Fsp3) is 0.562. The van der Waals surface area contributed by atoms with Crippen molar-refractivity contribution in [1.29, 1.82) is 0 Å². The zero-order chi connectivity index (χ0) is 35.6. The van der Waals surface area contributed by atoms with Gasteiger partial charge in [0, 0.05) is 28.6 Å². The van der Waals surface area contributed by atoms with E-state index in [2.05, 4.69) is 0 Å². The van der Waals surface area contributed by atoms with Gasteiger partial charge in [0.15, 0.2) is 9.84 Å². The van der Waals surface area contributed by atoms with E-state index in [1.807, 2.05) is 13.8 Å². The summed E-state index contributed by atoms with van der Waals surface area (Å²) >= 11 is 5.96. The van der Waals surface area contributed by atoms with Gasteiger partial charge in [0.2, 0.25) is 5.91 Å². The predicted octanol–water partition coefficient (Wildman–Crippen LogP) is 8.49. The Morgan fingerprint density at radius 1 is 0.957 bits per heavy atom. The van der Waals surface area contributed by atoms with Crippen molar-refractivity contribution in [3.05, 3.63) is 58.6 Å². The summed E-state index contributed by atoms with van der Waals surface area (Å²) < 4.78 is 129. The number of fused-ring (bicyclic) bond motifs is 3. The number of alkyl halides is 7. The van der Waals surface area contributed by atoms with Crippen molar-refractivity contribution in [1.82, 2.24) is 4.90 Å². The highest BCUT2D eigenvalue weighted by Crippen LogP contribution is 2.57. The van der Waals surface area contributed by atoms with E-state index in [0.29, 0.717) is 19.3 Å². The van der Waals surface area contributed by atoms with Gasteiger partial charge in [-0.1, -0.05) is 56.8 Å². The van der Waals surface area contributed by atoms with Gasteiger partial charge in [-0.15, -0.1) is 0 Å². The van der Waals surface area contributed by atoms with Gasteiger partial charge < -0.3 is 14.4 Å². The number of carbonyl (C=O) groups is 2. The highest BCUT2D eigenvalue weighted by molar-refractivity contribution is 7.92. The Morgan fingerprint density at radius 2 is 1.53 bits per heavy atom. The van der Waals surface area contributed by atoms with Gasteiger partial charge in [-0.3, -0.25) is 4.79 Å². The van der Waals surface area contributed by atoms with Crippen molar-refractivity contribution in [3.8, 4) is 5.75 Å². The summed E-state index contributed by atoms with van der Waals surface area (Å²) in [7, 11) is -4.49. The fourth-order valence-electron chi connectivity index (χ4n) is 6.23. The van der Waals surface area contributed by atoms with E-state index >= 15 is 0 Å². The maximum atomic E-state index is 14.9. The van der Waals surface area contributed by atoms with Gasteiger partial charge >= 0.3 is 18.0 Å². The highest BCUT2D eigenvalue weighted by Gasteiger charge is 2.74. The zero-order valence-electron chi connectivity index (χ0n) is 26.3. The molecule has 0 aliphatic carbocycles. The van der Waals surface area contributed by atoms with E-state index in [0.717, 1.165) is 18.9 Å². The van der Waals surface area contributed by atoms with Gasteiger partial charge in [-0.2, -0.15) is 26.3 Å². The Hall–Kier alpha value is -2.87. The van der Waals surface area contributed by atoms with Gasteiger partial charge in [-0.25, -0.2) is 12.8 Å². The molecule has 4 rings (SSSR count). The molecule has 3 atom stereocenters. The first-order chi connectivity index (χ1) is 21.7. The third kappa shape index (κ3) is 7.13. The monoisotopic (exact) mass is 715 g/mol. The molecule has 47 heavy (non-hydrogen) atoms. The molecule has 0 N–H and O–H groups in total. The Balaban J connectivity index is 0.00000142. The molecule has 0 radical (unpaired) electrons. The van der Waals surface area contributed by atoms with Crippen molar-refractivity contribution in [2.75, 3.05) is 13.2 Å². The largest absolute Gasteiger partial charge is 0.491 e. The molecule has 1 fully saturated rings. The quantitative estimate of drug-likeness (QED) is 0.243. The average Bonchev–Trinajstić information content (AvgIpc) is 3.39. The summed E-state index contributed by atoms with van der Waals surface area (Å²) in [5.41, 5.74) is -7.77. The molecule has 15 heteroatoms. The Bertz CT molecular complexity index is 1530. The number of ether oxygens (including phenoxy) is 1. The lowest BCUT2D eigenvalue weighted by Crippen LogP contribution is -2.56. The van der Waals surface area contributed by atoms with Crippen LogP contribution in [0.2, 0.25) is 5.02 Å². The molecule has 0 bridgehead atoms. The van der Waals surface area contributed by atoms with Crippen molar-refractivity contribution >= 4 is 33.1 Å². The Labute approximate surface area is 274 Å². The van der Waals surface area contributed by atoms with Gasteiger partial charge in [0.25, 0.3) is 0 Å². The lowest BCUT2D eigenvalue weighted by molar-refractivity contribution is -0.348. The summed E-state index contributed by atoms with van der Waals surface area (Å²) in [4.78, 5) is 24.5. The second-order valence-corrected chi connectivity index (χ2v) is 14.5. The van der Waals surface area contributed by atoms with E-state index in [9.17, 15) is 48.7 Å². The Kier molecular flexibility index (Phi) is 11.7. The Morgan fingerprint density at radius 3 is 2.04 bits per heavy atom. The molecule has 1 saturated heterocycles. The van der Waals surface area contributed by atoms with Gasteiger partial charge in [-0.05, 0) is 63.4 Å². The van der Waals surface area contributed by atoms with Crippen molar-refractivity contribution in [3.63, 3.8) is 0 Å². The standard InChI is InChI=1S/C29H31ClF7NO4S.C3H6O/c1-3-5-7-18(6-4-2)25(39)38-15-14-26(43(40,41)21-11-9-20(30)10-12-21)22-13-8-19(16-23(22)42-17-24(26)38)27(31,28(32,33)34)29(35,36)37;1-3(2)4/h8-13,16,18,24H,3-7,14-15,17H2,1-2H3;1-2H3. The molecular formula is C32H37ClF7NO5S. The fourth-order valence-corrected chi connectivity index (χ4v) is 8.65. The second kappa shape index (κ2) is 14.3. The number of rotatable bonds is 9. The van der Waals surface area contributed by atoms with E-state index in [1.54, 1.807) is 0 Å². The molecule has 6 nitrogen and oxygen atoms in total. The van der Waals surface area contributed by atoms with Crippen molar-refractivity contribution in [2.24, 2.45) is 5.92 Å². The molecule has 2 aliphatic rings. The molecular weight excluding hydrogens is 679 g/mol. The van der Waals surface area contributed by atoms with Crippen LogP contribution >= 0.6 is 11.6 Å². The highest BCUT2D eigenvalue weighted by atomic mass is 35.5. The molecule has 0 aromatic heterocycles. The van der Waals surface area contributed by atoms with Crippen LogP contribution in [0.3, 0.4) is 0 Å². The third-order valence-corrected chi connectivity index (χ3v) is 11.2. The molecule has 262 valence electrons. The lowest BCUT2D eigenvalue weighted by atomic mass is 9.84. The second-order valence-electron chi connectivity index (χ2n) is 11.9. The number of nitrogens with zero attached hydrogens (tertiary/aromatic N) is 1. The predicted molar refractivity (Wildman–Crippen MR) is 162 cm³/mol. The van der Waals surface area contributed by atoms with Gasteiger partial charge in [0.05, 0.1) is 10.9 Å². The SMILES string of the molecule is CC(C)=O.CCCCC(CCC)C(=O)N1CCC2(S(=O)(=O)c3ccc(Cl)cc3)c3ccc(C(F)(C(F)(F)F)C(F)(F)F)cc3OCC12. The summed E-state index contributed by atoms with van der Waals surface area (Å²) in [5, 5.41) is 0.227. The molecule has 3 unspecified atom stereocenters. The van der Waals surface area contributed by atoms with Crippen LogP contribution in [-0.4, -0.2) is 56.6 Å². The number of carbonyl (C=O) groups excluding carboxylic acids is 2. The van der Waals surface area contributed by atoms with Crippen LogP contribution in [-0.2, 0) is 29.8 Å². The summed E-state index contributed by atoms with van der Waals surface area (Å²) in [6.45, 7) is 6.34. The van der Waals surface area contributed by atoms with Crippen LogP contribution in [0.4, 0.5) is 30.7 Å². The molecule has 2 heterocycles. The molecule has 2 aromatic carbocycles. The first kappa shape index (κ1) is 38.6. The smallest absolute Gasteiger partial charge is 0.435 e. The van der Waals surface area contributed by atoms with Crippen LogP contribution in [0.5, 0.6) is 5.75 Å². The zero-order valence-corrected chi connectivity index (χ0v) is 27.8. The van der Waals surface area contributed by atoms with Gasteiger partial charge in [0.1, 0.15) is 22.9 Å². The number of halogens is 8. The first-order valence-electron chi connectivity index (χ1n) is 15.1. The van der Waals surface area contributed by atoms with E-state index in [-0.39, 0.29) is 52.3 Å². The van der Waals surface area contributed by atoms with E-state index in [4.69, 9.17) is 16.3 Å². The first-order valence-corrected chi connectivity index (χ1v) is 16.9. The molecule has 0 spiro atoms. The summed E-state index contributed by atoms with van der Waals surface area (Å²) in [5.74, 6) is -1.17. The van der Waals surface area contributed by atoms with Crippen molar-refractivity contribution < 1.29 is 53.5 Å². The van der Waals surface area contributed by atoms with Crippen molar-refractivity contribution in [2.45, 2.75) is 99.9 Å². The van der Waals surface area contributed by atoms with Crippen LogP contribution in [0.15, 0.2) is 47.4 Å². The van der Waals surface area contributed by atoms with E-state index in [1.165, 1.54) is 43.0 Å². The number of unbranched alkanes of at least 4 members (excludes halogenated alkanes) is 1. The number of ketones is 1. The molecule has 2 aliphatic heterocycles. The number of sulfone groups is 1. The van der Waals surface area contributed by atoms with Crippen LogP contribution in [0.1, 0.15) is 77.3 Å². The maximum absolute atomic E-state index is 14.9.